The molecule has 1 saturated carbocycles. The van der Waals surface area contributed by atoms with Crippen molar-refractivity contribution < 1.29 is 37.0 Å². The van der Waals surface area contributed by atoms with Gasteiger partial charge in [0.15, 0.2) is 11.6 Å². The van der Waals surface area contributed by atoms with Crippen LogP contribution in [0.3, 0.4) is 0 Å². The number of amides is 1. The Labute approximate surface area is 254 Å². The maximum atomic E-state index is 15.4. The van der Waals surface area contributed by atoms with Crippen molar-refractivity contribution in [2.75, 3.05) is 10.2 Å². The number of hydrogen-bond donors (Lipinski definition) is 2. The highest BCUT2D eigenvalue weighted by Crippen LogP contribution is 2.41. The van der Waals surface area contributed by atoms with Gasteiger partial charge in [-0.05, 0) is 86.5 Å². The number of aromatic nitrogens is 2. The lowest BCUT2D eigenvalue weighted by atomic mass is 9.82. The third-order valence-electron chi connectivity index (χ3n) is 7.29. The van der Waals surface area contributed by atoms with E-state index in [0.717, 1.165) is 37.2 Å². The number of pyridine rings is 2. The third-order valence-corrected chi connectivity index (χ3v) is 7.89. The van der Waals surface area contributed by atoms with Gasteiger partial charge in [0.2, 0.25) is 11.8 Å². The van der Waals surface area contributed by atoms with Gasteiger partial charge >= 0.3 is 12.1 Å². The molecule has 2 heterocycles. The van der Waals surface area contributed by atoms with Gasteiger partial charge in [-0.2, -0.15) is 13.2 Å². The first-order valence-electron chi connectivity index (χ1n) is 13.7. The number of hydrogen-bond acceptors (Lipinski definition) is 6. The number of carboxylic acids is 1. The van der Waals surface area contributed by atoms with Gasteiger partial charge in [-0.15, -0.1) is 0 Å². The maximum absolute atomic E-state index is 15.4. The maximum Gasteiger partial charge on any atom is 0.421 e. The lowest BCUT2D eigenvalue weighted by Crippen LogP contribution is -2.43. The van der Waals surface area contributed by atoms with Crippen LogP contribution in [0, 0.1) is 24.6 Å². The summed E-state index contributed by atoms with van der Waals surface area (Å²) in [5.41, 5.74) is -0.985. The average molecular weight is 667 g/mol. The largest absolute Gasteiger partial charge is 0.478 e. The molecule has 1 aliphatic rings. The molecule has 0 spiro atoms. The molecule has 8 nitrogen and oxygen atoms in total. The van der Waals surface area contributed by atoms with Crippen molar-refractivity contribution in [1.82, 2.24) is 9.97 Å². The summed E-state index contributed by atoms with van der Waals surface area (Å²) in [6.07, 6.45) is -0.944. The van der Waals surface area contributed by atoms with E-state index in [0.29, 0.717) is 34.7 Å². The van der Waals surface area contributed by atoms with Crippen molar-refractivity contribution >= 4 is 44.9 Å². The van der Waals surface area contributed by atoms with E-state index in [9.17, 15) is 27.9 Å². The fourth-order valence-electron chi connectivity index (χ4n) is 5.03. The molecule has 1 aromatic carbocycles. The molecule has 1 aliphatic carbocycles. The van der Waals surface area contributed by atoms with Crippen molar-refractivity contribution in [2.45, 2.75) is 65.6 Å². The zero-order valence-corrected chi connectivity index (χ0v) is 25.5. The number of carboxylic acid groups (broad SMARTS) is 1. The minimum atomic E-state index is -4.95. The van der Waals surface area contributed by atoms with E-state index in [2.05, 4.69) is 38.1 Å². The number of halogens is 5. The highest BCUT2D eigenvalue weighted by Gasteiger charge is 2.37. The number of alkyl halides is 3. The molecule has 43 heavy (non-hydrogen) atoms. The Morgan fingerprint density at radius 2 is 1.81 bits per heavy atom. The van der Waals surface area contributed by atoms with Crippen LogP contribution in [0.1, 0.15) is 68.1 Å². The Hall–Kier alpha value is -3.74. The van der Waals surface area contributed by atoms with Crippen molar-refractivity contribution in [3.8, 4) is 11.6 Å². The number of aromatic carboxylic acids is 1. The van der Waals surface area contributed by atoms with Crippen molar-refractivity contribution in [1.29, 1.82) is 0 Å². The van der Waals surface area contributed by atoms with Gasteiger partial charge in [0.1, 0.15) is 10.2 Å². The van der Waals surface area contributed by atoms with Crippen LogP contribution < -0.4 is 15.0 Å². The second kappa shape index (κ2) is 12.9. The summed E-state index contributed by atoms with van der Waals surface area (Å²) in [6.45, 7) is 7.21. The van der Waals surface area contributed by atoms with Gasteiger partial charge in [-0.1, -0.05) is 6.92 Å². The molecular formula is C30H31BrF4N4O4. The predicted octanol–water partition coefficient (Wildman–Crippen LogP) is 8.51. The Bertz CT molecular complexity index is 1520. The SMILES string of the molecule is Cc1ccc(Nc2cnc(Oc3cc(C(=O)O)c(N(C(=O)C4CCC(C)CC4)C(C)C)cc3F)c(C(F)(F)F)c2)c(Br)n1. The Kier molecular flexibility index (Phi) is 9.63. The van der Waals surface area contributed by atoms with Crippen LogP contribution in [0.5, 0.6) is 11.6 Å². The molecule has 0 radical (unpaired) electrons. The summed E-state index contributed by atoms with van der Waals surface area (Å²) in [6, 6.07) is 5.10. The lowest BCUT2D eigenvalue weighted by molar-refractivity contribution is -0.138. The Morgan fingerprint density at radius 3 is 2.40 bits per heavy atom. The van der Waals surface area contributed by atoms with Crippen LogP contribution in [0.2, 0.25) is 0 Å². The zero-order chi connectivity index (χ0) is 31.6. The summed E-state index contributed by atoms with van der Waals surface area (Å²) in [5.74, 6) is -4.61. The summed E-state index contributed by atoms with van der Waals surface area (Å²) in [5, 5.41) is 12.8. The molecule has 13 heteroatoms. The quantitative estimate of drug-likeness (QED) is 0.183. The molecule has 4 rings (SSSR count). The fourth-order valence-corrected chi connectivity index (χ4v) is 5.54. The topological polar surface area (TPSA) is 105 Å². The number of anilines is 3. The zero-order valence-electron chi connectivity index (χ0n) is 23.9. The number of benzene rings is 1. The first-order valence-corrected chi connectivity index (χ1v) is 14.5. The van der Waals surface area contributed by atoms with E-state index in [4.69, 9.17) is 4.74 Å². The van der Waals surface area contributed by atoms with Crippen LogP contribution in [0.4, 0.5) is 34.6 Å². The third kappa shape index (κ3) is 7.43. The number of carbonyl (C=O) groups excluding carboxylic acids is 1. The van der Waals surface area contributed by atoms with E-state index in [1.54, 1.807) is 32.9 Å². The monoisotopic (exact) mass is 666 g/mol. The van der Waals surface area contributed by atoms with E-state index in [1.807, 2.05) is 0 Å². The molecule has 1 amide bonds. The molecule has 3 aromatic rings. The van der Waals surface area contributed by atoms with E-state index < -0.39 is 46.8 Å². The molecule has 0 saturated heterocycles. The van der Waals surface area contributed by atoms with Gasteiger partial charge < -0.3 is 20.1 Å². The summed E-state index contributed by atoms with van der Waals surface area (Å²) in [7, 11) is 0. The average Bonchev–Trinajstić information content (AvgIpc) is 2.91. The smallest absolute Gasteiger partial charge is 0.421 e. The Balaban J connectivity index is 1.70. The van der Waals surface area contributed by atoms with Crippen LogP contribution in [-0.2, 0) is 11.0 Å². The molecule has 1 fully saturated rings. The molecule has 0 atom stereocenters. The highest BCUT2D eigenvalue weighted by molar-refractivity contribution is 9.10. The van der Waals surface area contributed by atoms with Crippen LogP contribution in [0.25, 0.3) is 0 Å². The fraction of sp³-hybridized carbons (Fsp3) is 0.400. The van der Waals surface area contributed by atoms with E-state index >= 15 is 4.39 Å². The lowest BCUT2D eigenvalue weighted by Gasteiger charge is -2.34. The second-order valence-electron chi connectivity index (χ2n) is 11.0. The minimum absolute atomic E-state index is 0.0451. The van der Waals surface area contributed by atoms with E-state index in [1.165, 1.54) is 4.90 Å². The highest BCUT2D eigenvalue weighted by atomic mass is 79.9. The Morgan fingerprint density at radius 1 is 1.14 bits per heavy atom. The van der Waals surface area contributed by atoms with Crippen molar-refractivity contribution in [2.24, 2.45) is 11.8 Å². The number of carbonyl (C=O) groups is 2. The van der Waals surface area contributed by atoms with Crippen LogP contribution >= 0.6 is 15.9 Å². The summed E-state index contributed by atoms with van der Waals surface area (Å²) in [4.78, 5) is 35.0. The van der Waals surface area contributed by atoms with Crippen molar-refractivity contribution in [3.63, 3.8) is 0 Å². The molecule has 0 aliphatic heterocycles. The van der Waals surface area contributed by atoms with Gasteiger partial charge in [-0.3, -0.25) is 4.79 Å². The number of nitrogens with zero attached hydrogens (tertiary/aromatic N) is 3. The van der Waals surface area contributed by atoms with Gasteiger partial charge in [0, 0.05) is 29.8 Å². The molecule has 0 unspecified atom stereocenters. The van der Waals surface area contributed by atoms with E-state index in [-0.39, 0.29) is 23.2 Å². The summed E-state index contributed by atoms with van der Waals surface area (Å²) < 4.78 is 63.3. The van der Waals surface area contributed by atoms with Crippen LogP contribution in [0.15, 0.2) is 41.1 Å². The summed E-state index contributed by atoms with van der Waals surface area (Å²) >= 11 is 3.25. The molecular weight excluding hydrogens is 636 g/mol. The van der Waals surface area contributed by atoms with Gasteiger partial charge in [-0.25, -0.2) is 19.2 Å². The van der Waals surface area contributed by atoms with Crippen molar-refractivity contribution in [3.05, 3.63) is 63.8 Å². The number of nitrogens with one attached hydrogen (secondary N) is 1. The molecule has 230 valence electrons. The number of aryl methyl sites for hydroxylation is 1. The van der Waals surface area contributed by atoms with Gasteiger partial charge in [0.05, 0.1) is 28.8 Å². The molecule has 2 aromatic heterocycles. The first kappa shape index (κ1) is 32.2. The molecule has 0 bridgehead atoms. The normalized spacial score (nSPS) is 17.1. The second-order valence-corrected chi connectivity index (χ2v) is 11.7. The van der Waals surface area contributed by atoms with Crippen LogP contribution in [-0.4, -0.2) is 33.0 Å². The van der Waals surface area contributed by atoms with Gasteiger partial charge in [0.25, 0.3) is 0 Å². The predicted molar refractivity (Wildman–Crippen MR) is 156 cm³/mol. The number of ether oxygens (including phenoxy) is 1. The first-order chi connectivity index (χ1) is 20.1. The molecule has 2 N–H and O–H groups in total. The minimum Gasteiger partial charge on any atom is -0.478 e. The number of rotatable bonds is 8. The standard InChI is InChI=1S/C30H31BrF4N4O4/c1-15(2)39(28(40)18-8-5-16(3)6-9-18)24-13-22(32)25(12-20(24)29(41)42)43-27-21(30(33,34)35)11-19(14-36-27)38-23-10-7-17(4)37-26(23)31/h7,10-16,18,38H,5-6,8-9H2,1-4H3,(H,41,42).